The Morgan fingerprint density at radius 3 is 3.08 bits per heavy atom. The maximum atomic E-state index is 12.5. The first-order valence-corrected chi connectivity index (χ1v) is 8.95. The molecular weight excluding hydrogens is 302 g/mol. The van der Waals surface area contributed by atoms with Gasteiger partial charge >= 0.3 is 0 Å². The van der Waals surface area contributed by atoms with Gasteiger partial charge in [-0.2, -0.15) is 0 Å². The van der Waals surface area contributed by atoms with Crippen molar-refractivity contribution in [2.75, 3.05) is 18.4 Å². The van der Waals surface area contributed by atoms with Crippen LogP contribution in [0.3, 0.4) is 0 Å². The van der Waals surface area contributed by atoms with Crippen molar-refractivity contribution in [1.82, 2.24) is 19.5 Å². The molecule has 3 heterocycles. The molecule has 1 amide bonds. The Morgan fingerprint density at radius 2 is 2.29 bits per heavy atom. The molecule has 0 aliphatic carbocycles. The molecule has 6 heteroatoms. The van der Waals surface area contributed by atoms with Crippen molar-refractivity contribution < 1.29 is 4.79 Å². The first-order chi connectivity index (χ1) is 11.6. The minimum Gasteiger partial charge on any atom is -0.364 e. The maximum Gasteiger partial charge on any atom is 0.225 e. The summed E-state index contributed by atoms with van der Waals surface area (Å²) in [5.41, 5.74) is 1.81. The number of nitrogens with one attached hydrogen (secondary N) is 1. The Kier molecular flexibility index (Phi) is 5.02. The van der Waals surface area contributed by atoms with Gasteiger partial charge in [-0.05, 0) is 31.9 Å². The number of rotatable bonds is 6. The lowest BCUT2D eigenvalue weighted by molar-refractivity contribution is -0.134. The smallest absolute Gasteiger partial charge is 0.225 e. The minimum absolute atomic E-state index is 0.132. The lowest BCUT2D eigenvalue weighted by atomic mass is 10.0. The molecule has 1 aliphatic rings. The lowest BCUT2D eigenvalue weighted by Crippen LogP contribution is -2.35. The normalized spacial score (nSPS) is 19.0. The number of anilines is 1. The van der Waals surface area contributed by atoms with Gasteiger partial charge in [0.2, 0.25) is 5.91 Å². The number of carbonyl (C=O) groups excluding carboxylic acids is 1. The molecule has 130 valence electrons. The van der Waals surface area contributed by atoms with Crippen LogP contribution in [0.5, 0.6) is 0 Å². The van der Waals surface area contributed by atoms with Crippen LogP contribution >= 0.6 is 0 Å². The van der Waals surface area contributed by atoms with Crippen molar-refractivity contribution in [3.8, 4) is 0 Å². The van der Waals surface area contributed by atoms with E-state index in [1.807, 2.05) is 30.2 Å². The Labute approximate surface area is 143 Å². The molecule has 0 aromatic carbocycles. The molecule has 2 aromatic rings. The van der Waals surface area contributed by atoms with Gasteiger partial charge in [0, 0.05) is 25.0 Å². The van der Waals surface area contributed by atoms with E-state index in [2.05, 4.69) is 29.2 Å². The van der Waals surface area contributed by atoms with Crippen LogP contribution in [0.2, 0.25) is 0 Å². The molecule has 6 nitrogen and oxygen atoms in total. The summed E-state index contributed by atoms with van der Waals surface area (Å²) in [5.74, 6) is 1.26. The summed E-state index contributed by atoms with van der Waals surface area (Å²) in [6, 6.07) is 4.19. The second-order valence-corrected chi connectivity index (χ2v) is 6.86. The molecule has 0 radical (unpaired) electrons. The van der Waals surface area contributed by atoms with E-state index in [0.717, 1.165) is 55.9 Å². The van der Waals surface area contributed by atoms with Crippen LogP contribution < -0.4 is 5.32 Å². The van der Waals surface area contributed by atoms with Crippen molar-refractivity contribution >= 4 is 17.4 Å². The topological polar surface area (TPSA) is 62.5 Å². The molecule has 24 heavy (non-hydrogen) atoms. The number of aryl methyl sites for hydroxylation is 1. The summed E-state index contributed by atoms with van der Waals surface area (Å²) in [6.07, 6.45) is 6.14. The first kappa shape index (κ1) is 16.7. The molecule has 1 aliphatic heterocycles. The quantitative estimate of drug-likeness (QED) is 0.885. The second-order valence-electron chi connectivity index (χ2n) is 6.86. The summed E-state index contributed by atoms with van der Waals surface area (Å²) in [7, 11) is 0. The number of hydrogen-bond donors (Lipinski definition) is 1. The van der Waals surface area contributed by atoms with Crippen molar-refractivity contribution in [3.63, 3.8) is 0 Å². The average molecular weight is 329 g/mol. The van der Waals surface area contributed by atoms with Gasteiger partial charge in [0.1, 0.15) is 5.82 Å². The van der Waals surface area contributed by atoms with Crippen LogP contribution in [-0.2, 0) is 4.79 Å². The highest BCUT2D eigenvalue weighted by Crippen LogP contribution is 2.19. The molecule has 2 atom stereocenters. The van der Waals surface area contributed by atoms with Crippen molar-refractivity contribution in [3.05, 3.63) is 24.0 Å². The van der Waals surface area contributed by atoms with E-state index >= 15 is 0 Å². The monoisotopic (exact) mass is 329 g/mol. The highest BCUT2D eigenvalue weighted by molar-refractivity contribution is 5.78. The van der Waals surface area contributed by atoms with Gasteiger partial charge in [0.25, 0.3) is 0 Å². The summed E-state index contributed by atoms with van der Waals surface area (Å²) in [5, 5.41) is 8.00. The van der Waals surface area contributed by atoms with Gasteiger partial charge in [-0.3, -0.25) is 4.79 Å². The maximum absolute atomic E-state index is 12.5. The molecule has 0 spiro atoms. The largest absolute Gasteiger partial charge is 0.364 e. The Bertz CT molecular complexity index is 710. The van der Waals surface area contributed by atoms with E-state index in [-0.39, 0.29) is 12.0 Å². The zero-order valence-electron chi connectivity index (χ0n) is 14.8. The van der Waals surface area contributed by atoms with Crippen LogP contribution in [-0.4, -0.2) is 44.5 Å². The van der Waals surface area contributed by atoms with E-state index in [4.69, 9.17) is 0 Å². The van der Waals surface area contributed by atoms with Gasteiger partial charge in [-0.1, -0.05) is 26.7 Å². The molecule has 0 saturated carbocycles. The predicted octanol–water partition coefficient (Wildman–Crippen LogP) is 2.88. The molecule has 1 fully saturated rings. The molecular formula is C18H27N5O. The summed E-state index contributed by atoms with van der Waals surface area (Å²) >= 11 is 0. The SMILES string of the molecule is CCCC[C@@H](C)C(=O)N1CC[C@H](Nc2ccc3nc(C)cn3n2)C1. The molecule has 1 saturated heterocycles. The van der Waals surface area contributed by atoms with E-state index in [1.165, 1.54) is 0 Å². The highest BCUT2D eigenvalue weighted by Gasteiger charge is 2.28. The van der Waals surface area contributed by atoms with E-state index < -0.39 is 0 Å². The summed E-state index contributed by atoms with van der Waals surface area (Å²) < 4.78 is 1.79. The summed E-state index contributed by atoms with van der Waals surface area (Å²) in [4.78, 5) is 18.9. The number of aromatic nitrogens is 3. The lowest BCUT2D eigenvalue weighted by Gasteiger charge is -2.21. The van der Waals surface area contributed by atoms with E-state index in [9.17, 15) is 4.79 Å². The third kappa shape index (κ3) is 3.68. The van der Waals surface area contributed by atoms with Crippen LogP contribution in [0.15, 0.2) is 18.3 Å². The van der Waals surface area contributed by atoms with Crippen LogP contribution in [0, 0.1) is 12.8 Å². The van der Waals surface area contributed by atoms with Crippen LogP contribution in [0.4, 0.5) is 5.82 Å². The predicted molar refractivity (Wildman–Crippen MR) is 95.0 cm³/mol. The number of nitrogens with zero attached hydrogens (tertiary/aromatic N) is 4. The Balaban J connectivity index is 1.57. The average Bonchev–Trinajstić information content (AvgIpc) is 3.17. The molecule has 0 unspecified atom stereocenters. The molecule has 0 bridgehead atoms. The third-order valence-corrected chi connectivity index (χ3v) is 4.70. The second kappa shape index (κ2) is 7.20. The number of amides is 1. The van der Waals surface area contributed by atoms with E-state index in [0.29, 0.717) is 5.91 Å². The Morgan fingerprint density at radius 1 is 1.46 bits per heavy atom. The fourth-order valence-corrected chi connectivity index (χ4v) is 3.31. The van der Waals surface area contributed by atoms with Crippen molar-refractivity contribution in [1.29, 1.82) is 0 Å². The zero-order valence-corrected chi connectivity index (χ0v) is 14.8. The molecule has 1 N–H and O–H groups in total. The molecule has 3 rings (SSSR count). The summed E-state index contributed by atoms with van der Waals surface area (Å²) in [6.45, 7) is 7.77. The fourth-order valence-electron chi connectivity index (χ4n) is 3.31. The number of hydrogen-bond acceptors (Lipinski definition) is 4. The van der Waals surface area contributed by atoms with E-state index in [1.54, 1.807) is 4.52 Å². The van der Waals surface area contributed by atoms with Crippen molar-refractivity contribution in [2.45, 2.75) is 52.5 Å². The number of carbonyl (C=O) groups is 1. The van der Waals surface area contributed by atoms with Gasteiger partial charge in [-0.25, -0.2) is 9.50 Å². The number of fused-ring (bicyclic) bond motifs is 1. The minimum atomic E-state index is 0.132. The zero-order chi connectivity index (χ0) is 17.1. The van der Waals surface area contributed by atoms with Gasteiger partial charge < -0.3 is 10.2 Å². The number of unbranched alkanes of at least 4 members (excludes halogenated alkanes) is 1. The van der Waals surface area contributed by atoms with Crippen molar-refractivity contribution in [2.24, 2.45) is 5.92 Å². The number of likely N-dealkylation sites (tertiary alicyclic amines) is 1. The fraction of sp³-hybridized carbons (Fsp3) is 0.611. The highest BCUT2D eigenvalue weighted by atomic mass is 16.2. The Hall–Kier alpha value is -2.11. The van der Waals surface area contributed by atoms with Gasteiger partial charge in [-0.15, -0.1) is 5.10 Å². The third-order valence-electron chi connectivity index (χ3n) is 4.70. The first-order valence-electron chi connectivity index (χ1n) is 8.95. The van der Waals surface area contributed by atoms with Crippen LogP contribution in [0.1, 0.15) is 45.2 Å². The molecule has 2 aromatic heterocycles. The standard InChI is InChI=1S/C18H27N5O/c1-4-5-6-13(2)18(24)22-10-9-15(12-22)20-16-7-8-17-19-14(3)11-23(17)21-16/h7-8,11,13,15H,4-6,9-10,12H2,1-3H3,(H,20,21)/t13-,15+/m1/s1. The number of imidazole rings is 1. The van der Waals surface area contributed by atoms with Gasteiger partial charge in [0.15, 0.2) is 5.65 Å². The van der Waals surface area contributed by atoms with Crippen LogP contribution in [0.25, 0.3) is 5.65 Å². The van der Waals surface area contributed by atoms with Gasteiger partial charge in [0.05, 0.1) is 11.9 Å².